The Hall–Kier alpha value is -0.610. The van der Waals surface area contributed by atoms with E-state index in [2.05, 4.69) is 25.8 Å². The summed E-state index contributed by atoms with van der Waals surface area (Å²) in [6.45, 7) is 7.47. The van der Waals surface area contributed by atoms with Crippen molar-refractivity contribution >= 4 is 5.91 Å². The van der Waals surface area contributed by atoms with Gasteiger partial charge in [0.1, 0.15) is 0 Å². The third-order valence-electron chi connectivity index (χ3n) is 5.25. The first-order chi connectivity index (χ1) is 9.39. The summed E-state index contributed by atoms with van der Waals surface area (Å²) in [7, 11) is 2.19. The highest BCUT2D eigenvalue weighted by Crippen LogP contribution is 2.33. The molecule has 1 aliphatic carbocycles. The van der Waals surface area contributed by atoms with Crippen LogP contribution >= 0.6 is 0 Å². The number of hydrogen-bond donors (Lipinski definition) is 1. The minimum atomic E-state index is -0.175. The van der Waals surface area contributed by atoms with Crippen molar-refractivity contribution in [2.24, 2.45) is 11.7 Å². The molecule has 4 nitrogen and oxygen atoms in total. The standard InChI is InChI=1S/C16H31N3O/c1-13(2)18(3)12-14-5-9-19(10-6-14)15(20)11-16(17)7-4-8-16/h13-14H,4-12,17H2,1-3H3. The normalized spacial score (nSPS) is 23.2. The van der Waals surface area contributed by atoms with Gasteiger partial charge in [0.05, 0.1) is 0 Å². The molecule has 20 heavy (non-hydrogen) atoms. The van der Waals surface area contributed by atoms with E-state index in [0.29, 0.717) is 12.5 Å². The quantitative estimate of drug-likeness (QED) is 0.836. The fraction of sp³-hybridized carbons (Fsp3) is 0.938. The van der Waals surface area contributed by atoms with Gasteiger partial charge in [-0.1, -0.05) is 0 Å². The minimum Gasteiger partial charge on any atom is -0.343 e. The number of piperidine rings is 1. The number of rotatable bonds is 5. The van der Waals surface area contributed by atoms with Crippen LogP contribution in [0.15, 0.2) is 0 Å². The zero-order valence-corrected chi connectivity index (χ0v) is 13.4. The predicted molar refractivity (Wildman–Crippen MR) is 82.5 cm³/mol. The summed E-state index contributed by atoms with van der Waals surface area (Å²) < 4.78 is 0. The Kier molecular flexibility index (Phi) is 5.08. The van der Waals surface area contributed by atoms with Crippen LogP contribution in [-0.2, 0) is 4.79 Å². The lowest BCUT2D eigenvalue weighted by Crippen LogP contribution is -2.51. The first-order valence-electron chi connectivity index (χ1n) is 8.16. The Bertz CT molecular complexity index is 331. The summed E-state index contributed by atoms with van der Waals surface area (Å²) >= 11 is 0. The maximum Gasteiger partial charge on any atom is 0.224 e. The van der Waals surface area contributed by atoms with E-state index in [1.165, 1.54) is 6.42 Å². The number of carbonyl (C=O) groups excluding carboxylic acids is 1. The molecule has 2 aliphatic rings. The van der Waals surface area contributed by atoms with E-state index in [0.717, 1.165) is 51.2 Å². The summed E-state index contributed by atoms with van der Waals surface area (Å²) in [5.74, 6) is 1.02. The second-order valence-electron chi connectivity index (χ2n) is 7.25. The lowest BCUT2D eigenvalue weighted by molar-refractivity contribution is -0.134. The van der Waals surface area contributed by atoms with E-state index in [1.54, 1.807) is 0 Å². The topological polar surface area (TPSA) is 49.6 Å². The summed E-state index contributed by atoms with van der Waals surface area (Å²) in [5.41, 5.74) is 6.01. The molecule has 4 heteroatoms. The molecular weight excluding hydrogens is 250 g/mol. The molecule has 1 saturated carbocycles. The van der Waals surface area contributed by atoms with Gasteiger partial charge >= 0.3 is 0 Å². The van der Waals surface area contributed by atoms with E-state index >= 15 is 0 Å². The molecule has 2 rings (SSSR count). The number of nitrogens with zero attached hydrogens (tertiary/aromatic N) is 2. The van der Waals surface area contributed by atoms with Crippen LogP contribution in [0, 0.1) is 5.92 Å². The van der Waals surface area contributed by atoms with Crippen molar-refractivity contribution in [1.82, 2.24) is 9.80 Å². The molecule has 0 unspecified atom stereocenters. The number of amides is 1. The zero-order chi connectivity index (χ0) is 14.8. The van der Waals surface area contributed by atoms with Gasteiger partial charge in [-0.05, 0) is 58.9 Å². The van der Waals surface area contributed by atoms with Crippen molar-refractivity contribution in [3.8, 4) is 0 Å². The van der Waals surface area contributed by atoms with Crippen molar-refractivity contribution < 1.29 is 4.79 Å². The van der Waals surface area contributed by atoms with Crippen molar-refractivity contribution in [2.45, 2.75) is 64.0 Å². The van der Waals surface area contributed by atoms with Crippen LogP contribution in [0.1, 0.15) is 52.4 Å². The molecule has 1 amide bonds. The van der Waals surface area contributed by atoms with E-state index in [9.17, 15) is 4.79 Å². The Morgan fingerprint density at radius 2 is 1.95 bits per heavy atom. The second-order valence-corrected chi connectivity index (χ2v) is 7.25. The number of nitrogens with two attached hydrogens (primary N) is 1. The highest BCUT2D eigenvalue weighted by atomic mass is 16.2. The SMILES string of the molecule is CC(C)N(C)CC1CCN(C(=O)CC2(N)CCC2)CC1. The number of carbonyl (C=O) groups is 1. The fourth-order valence-corrected chi connectivity index (χ4v) is 3.20. The van der Waals surface area contributed by atoms with Gasteiger partial charge in [-0.3, -0.25) is 4.79 Å². The molecule has 0 atom stereocenters. The monoisotopic (exact) mass is 281 g/mol. The van der Waals surface area contributed by atoms with Crippen molar-refractivity contribution in [3.63, 3.8) is 0 Å². The summed E-state index contributed by atoms with van der Waals surface area (Å²) in [6, 6.07) is 0.602. The molecule has 1 saturated heterocycles. The average molecular weight is 281 g/mol. The maximum absolute atomic E-state index is 12.3. The highest BCUT2D eigenvalue weighted by Gasteiger charge is 2.36. The van der Waals surface area contributed by atoms with Gasteiger partial charge in [-0.2, -0.15) is 0 Å². The second kappa shape index (κ2) is 6.44. The van der Waals surface area contributed by atoms with Gasteiger partial charge in [0.15, 0.2) is 0 Å². The highest BCUT2D eigenvalue weighted by molar-refractivity contribution is 5.77. The molecule has 2 fully saturated rings. The predicted octanol–water partition coefficient (Wildman–Crippen LogP) is 1.84. The van der Waals surface area contributed by atoms with Gasteiger partial charge in [-0.15, -0.1) is 0 Å². The van der Waals surface area contributed by atoms with Crippen LogP contribution in [0.2, 0.25) is 0 Å². The van der Waals surface area contributed by atoms with E-state index in [4.69, 9.17) is 5.73 Å². The molecule has 0 radical (unpaired) electrons. The zero-order valence-electron chi connectivity index (χ0n) is 13.4. The molecule has 2 N–H and O–H groups in total. The van der Waals surface area contributed by atoms with E-state index < -0.39 is 0 Å². The van der Waals surface area contributed by atoms with Gasteiger partial charge < -0.3 is 15.5 Å². The summed E-state index contributed by atoms with van der Waals surface area (Å²) in [5, 5.41) is 0. The lowest BCUT2D eigenvalue weighted by Gasteiger charge is -2.40. The molecule has 0 aromatic heterocycles. The molecular formula is C16H31N3O. The lowest BCUT2D eigenvalue weighted by atomic mass is 9.75. The first-order valence-corrected chi connectivity index (χ1v) is 8.16. The molecule has 1 heterocycles. The van der Waals surface area contributed by atoms with Gasteiger partial charge in [-0.25, -0.2) is 0 Å². The molecule has 0 aromatic rings. The minimum absolute atomic E-state index is 0.175. The van der Waals surface area contributed by atoms with Crippen molar-refractivity contribution in [1.29, 1.82) is 0 Å². The van der Waals surface area contributed by atoms with Crippen LogP contribution in [0.3, 0.4) is 0 Å². The van der Waals surface area contributed by atoms with Crippen molar-refractivity contribution in [3.05, 3.63) is 0 Å². The van der Waals surface area contributed by atoms with Crippen LogP contribution in [-0.4, -0.2) is 54.0 Å². The Morgan fingerprint density at radius 1 is 1.35 bits per heavy atom. The maximum atomic E-state index is 12.3. The summed E-state index contributed by atoms with van der Waals surface area (Å²) in [4.78, 5) is 16.7. The average Bonchev–Trinajstić information content (AvgIpc) is 2.37. The van der Waals surface area contributed by atoms with Crippen LogP contribution in [0.5, 0.6) is 0 Å². The molecule has 1 aliphatic heterocycles. The van der Waals surface area contributed by atoms with E-state index in [1.807, 2.05) is 4.90 Å². The van der Waals surface area contributed by atoms with Gasteiger partial charge in [0.25, 0.3) is 0 Å². The van der Waals surface area contributed by atoms with Crippen LogP contribution in [0.4, 0.5) is 0 Å². The Morgan fingerprint density at radius 3 is 2.40 bits per heavy atom. The summed E-state index contributed by atoms with van der Waals surface area (Å²) in [6.07, 6.45) is 6.07. The smallest absolute Gasteiger partial charge is 0.224 e. The Balaban J connectivity index is 1.72. The van der Waals surface area contributed by atoms with Gasteiger partial charge in [0, 0.05) is 37.6 Å². The third kappa shape index (κ3) is 3.95. The third-order valence-corrected chi connectivity index (χ3v) is 5.25. The molecule has 0 spiro atoms. The number of likely N-dealkylation sites (tertiary alicyclic amines) is 1. The fourth-order valence-electron chi connectivity index (χ4n) is 3.20. The van der Waals surface area contributed by atoms with Crippen LogP contribution in [0.25, 0.3) is 0 Å². The molecule has 0 aromatic carbocycles. The largest absolute Gasteiger partial charge is 0.343 e. The van der Waals surface area contributed by atoms with Gasteiger partial charge in [0.2, 0.25) is 5.91 Å². The Labute approximate surface area is 123 Å². The molecule has 0 bridgehead atoms. The van der Waals surface area contributed by atoms with E-state index in [-0.39, 0.29) is 11.4 Å². The molecule has 116 valence electrons. The van der Waals surface area contributed by atoms with Crippen LogP contribution < -0.4 is 5.73 Å². The van der Waals surface area contributed by atoms with Crippen molar-refractivity contribution in [2.75, 3.05) is 26.7 Å². The first kappa shape index (κ1) is 15.8. The number of hydrogen-bond acceptors (Lipinski definition) is 3.